The summed E-state index contributed by atoms with van der Waals surface area (Å²) in [7, 11) is 0. The van der Waals surface area contributed by atoms with Crippen molar-refractivity contribution in [3.05, 3.63) is 71.2 Å². The summed E-state index contributed by atoms with van der Waals surface area (Å²) in [4.78, 5) is 29.9. The normalized spacial score (nSPS) is 14.7. The van der Waals surface area contributed by atoms with E-state index in [0.717, 1.165) is 16.1 Å². The lowest BCUT2D eigenvalue weighted by Crippen LogP contribution is -2.51. The quantitative estimate of drug-likeness (QED) is 0.505. The Morgan fingerprint density at radius 1 is 1.09 bits per heavy atom. The van der Waals surface area contributed by atoms with E-state index >= 15 is 0 Å². The highest BCUT2D eigenvalue weighted by Gasteiger charge is 2.21. The zero-order valence-corrected chi connectivity index (χ0v) is 20.5. The van der Waals surface area contributed by atoms with Gasteiger partial charge in [-0.2, -0.15) is 5.10 Å². The molecule has 1 N–H and O–H groups in total. The van der Waals surface area contributed by atoms with E-state index in [0.29, 0.717) is 39.3 Å². The maximum absolute atomic E-state index is 12.9. The fourth-order valence-electron chi connectivity index (χ4n) is 3.98. The van der Waals surface area contributed by atoms with E-state index in [1.54, 1.807) is 17.4 Å². The van der Waals surface area contributed by atoms with E-state index in [4.69, 9.17) is 5.10 Å². The van der Waals surface area contributed by atoms with Gasteiger partial charge in [0.1, 0.15) is 5.69 Å². The molecule has 1 aliphatic heterocycles. The van der Waals surface area contributed by atoms with Crippen molar-refractivity contribution in [3.63, 3.8) is 0 Å². The van der Waals surface area contributed by atoms with E-state index in [2.05, 4.69) is 22.3 Å². The summed E-state index contributed by atoms with van der Waals surface area (Å²) in [6, 6.07) is 14.4. The summed E-state index contributed by atoms with van der Waals surface area (Å²) in [5.41, 5.74) is 2.99. The number of carbonyl (C=O) groups excluding carboxylic acids is 2. The largest absolute Gasteiger partial charge is 0.353 e. The number of aromatic nitrogens is 2. The van der Waals surface area contributed by atoms with E-state index in [-0.39, 0.29) is 17.9 Å². The van der Waals surface area contributed by atoms with Gasteiger partial charge in [-0.05, 0) is 36.9 Å². The molecule has 0 unspecified atom stereocenters. The van der Waals surface area contributed by atoms with Gasteiger partial charge in [-0.3, -0.25) is 19.2 Å². The molecular formula is C26H31N5O2S. The molecule has 178 valence electrons. The monoisotopic (exact) mass is 477 g/mol. The van der Waals surface area contributed by atoms with Crippen LogP contribution >= 0.6 is 11.3 Å². The third-order valence-electron chi connectivity index (χ3n) is 5.64. The van der Waals surface area contributed by atoms with Crippen molar-refractivity contribution in [1.29, 1.82) is 0 Å². The summed E-state index contributed by atoms with van der Waals surface area (Å²) < 4.78 is 1.93. The molecule has 1 aromatic carbocycles. The zero-order chi connectivity index (χ0) is 23.9. The molecule has 7 nitrogen and oxygen atoms in total. The number of rotatable bonds is 8. The average Bonchev–Trinajstić information content (AvgIpc) is 3.48. The van der Waals surface area contributed by atoms with Crippen molar-refractivity contribution in [2.75, 3.05) is 32.7 Å². The fraction of sp³-hybridized carbons (Fsp3) is 0.346. The molecule has 8 heteroatoms. The minimum atomic E-state index is -0.0146. The predicted octanol–water partition coefficient (Wildman–Crippen LogP) is 3.34. The molecule has 2 aromatic heterocycles. The highest BCUT2D eigenvalue weighted by Crippen LogP contribution is 2.28. The van der Waals surface area contributed by atoms with Crippen molar-refractivity contribution in [3.8, 4) is 10.6 Å². The number of carbonyl (C=O) groups is 2. The molecule has 0 spiro atoms. The SMILES string of the molecule is CC(C)NC(=O)CN1CCN(C(=O)/C=C/c2cn(Cc3ccccc3)nc2-c2cccs2)CC1. The molecule has 0 bridgehead atoms. The van der Waals surface area contributed by atoms with Gasteiger partial charge in [-0.1, -0.05) is 36.4 Å². The summed E-state index contributed by atoms with van der Waals surface area (Å²) in [5, 5.41) is 9.75. The molecule has 0 radical (unpaired) electrons. The maximum Gasteiger partial charge on any atom is 0.246 e. The lowest BCUT2D eigenvalue weighted by molar-refractivity contribution is -0.128. The van der Waals surface area contributed by atoms with Crippen LogP contribution in [0.1, 0.15) is 25.0 Å². The van der Waals surface area contributed by atoms with Gasteiger partial charge < -0.3 is 10.2 Å². The van der Waals surface area contributed by atoms with Crippen LogP contribution < -0.4 is 5.32 Å². The molecular weight excluding hydrogens is 446 g/mol. The number of hydrogen-bond donors (Lipinski definition) is 1. The minimum Gasteiger partial charge on any atom is -0.353 e. The van der Waals surface area contributed by atoms with Crippen molar-refractivity contribution in [2.24, 2.45) is 0 Å². The molecule has 2 amide bonds. The van der Waals surface area contributed by atoms with Gasteiger partial charge in [0.15, 0.2) is 0 Å². The van der Waals surface area contributed by atoms with Crippen molar-refractivity contribution in [1.82, 2.24) is 24.9 Å². The highest BCUT2D eigenvalue weighted by atomic mass is 32.1. The number of nitrogens with one attached hydrogen (secondary N) is 1. The number of piperazine rings is 1. The summed E-state index contributed by atoms with van der Waals surface area (Å²) in [6.45, 7) is 7.58. The van der Waals surface area contributed by atoms with Crippen LogP contribution in [-0.4, -0.2) is 70.2 Å². The Balaban J connectivity index is 1.40. The smallest absolute Gasteiger partial charge is 0.246 e. The molecule has 4 rings (SSSR count). The van der Waals surface area contributed by atoms with Crippen LogP contribution in [0, 0.1) is 0 Å². The van der Waals surface area contributed by atoms with Crippen LogP contribution in [0.25, 0.3) is 16.6 Å². The first kappa shape index (κ1) is 23.9. The van der Waals surface area contributed by atoms with Gasteiger partial charge in [0.25, 0.3) is 0 Å². The molecule has 3 aromatic rings. The van der Waals surface area contributed by atoms with Gasteiger partial charge in [0.2, 0.25) is 11.8 Å². The summed E-state index contributed by atoms with van der Waals surface area (Å²) >= 11 is 1.64. The van der Waals surface area contributed by atoms with Gasteiger partial charge >= 0.3 is 0 Å². The van der Waals surface area contributed by atoms with Gasteiger partial charge in [0.05, 0.1) is 18.0 Å². The van der Waals surface area contributed by atoms with Gasteiger partial charge in [-0.25, -0.2) is 0 Å². The molecule has 0 aliphatic carbocycles. The van der Waals surface area contributed by atoms with E-state index < -0.39 is 0 Å². The number of hydrogen-bond acceptors (Lipinski definition) is 5. The van der Waals surface area contributed by atoms with Crippen molar-refractivity contribution < 1.29 is 9.59 Å². The maximum atomic E-state index is 12.9. The minimum absolute atomic E-state index is 0.0146. The zero-order valence-electron chi connectivity index (χ0n) is 19.7. The Hall–Kier alpha value is -3.23. The molecule has 0 saturated carbocycles. The van der Waals surface area contributed by atoms with Crippen LogP contribution in [0.2, 0.25) is 0 Å². The predicted molar refractivity (Wildman–Crippen MR) is 136 cm³/mol. The highest BCUT2D eigenvalue weighted by molar-refractivity contribution is 7.13. The van der Waals surface area contributed by atoms with Crippen LogP contribution in [0.3, 0.4) is 0 Å². The second kappa shape index (κ2) is 11.3. The molecule has 1 fully saturated rings. The van der Waals surface area contributed by atoms with Crippen molar-refractivity contribution in [2.45, 2.75) is 26.4 Å². The molecule has 1 aliphatic rings. The molecule has 0 atom stereocenters. The first-order valence-electron chi connectivity index (χ1n) is 11.6. The molecule has 1 saturated heterocycles. The molecule has 3 heterocycles. The van der Waals surface area contributed by atoms with Crippen LogP contribution in [0.15, 0.2) is 60.1 Å². The lowest BCUT2D eigenvalue weighted by Gasteiger charge is -2.33. The Kier molecular flexibility index (Phi) is 7.92. The van der Waals surface area contributed by atoms with Crippen LogP contribution in [-0.2, 0) is 16.1 Å². The third-order valence-corrected chi connectivity index (χ3v) is 6.51. The standard InChI is InChI=1S/C26H31N5O2S/c1-20(2)27-24(32)19-29-12-14-30(15-13-29)25(33)11-10-22-18-31(17-21-7-4-3-5-8-21)28-26(22)23-9-6-16-34-23/h3-11,16,18,20H,12-15,17,19H2,1-2H3,(H,27,32)/b11-10+. The first-order chi connectivity index (χ1) is 16.5. The number of amides is 2. The Labute approximate surface area is 204 Å². The van der Waals surface area contributed by atoms with Crippen LogP contribution in [0.4, 0.5) is 0 Å². The van der Waals surface area contributed by atoms with E-state index in [1.807, 2.05) is 71.4 Å². The molecule has 34 heavy (non-hydrogen) atoms. The average molecular weight is 478 g/mol. The second-order valence-electron chi connectivity index (χ2n) is 8.75. The number of nitrogens with zero attached hydrogens (tertiary/aromatic N) is 4. The fourth-order valence-corrected chi connectivity index (χ4v) is 4.71. The summed E-state index contributed by atoms with van der Waals surface area (Å²) in [5.74, 6) is 0.0162. The first-order valence-corrected chi connectivity index (χ1v) is 12.5. The number of benzene rings is 1. The second-order valence-corrected chi connectivity index (χ2v) is 9.70. The Morgan fingerprint density at radius 3 is 2.53 bits per heavy atom. The topological polar surface area (TPSA) is 70.5 Å². The van der Waals surface area contributed by atoms with E-state index in [9.17, 15) is 9.59 Å². The number of thiophene rings is 1. The Morgan fingerprint density at radius 2 is 1.85 bits per heavy atom. The summed E-state index contributed by atoms with van der Waals surface area (Å²) in [6.07, 6.45) is 5.51. The Bertz CT molecular complexity index is 1110. The van der Waals surface area contributed by atoms with Gasteiger partial charge in [0, 0.05) is 50.1 Å². The van der Waals surface area contributed by atoms with Gasteiger partial charge in [-0.15, -0.1) is 11.3 Å². The lowest BCUT2D eigenvalue weighted by atomic mass is 10.2. The van der Waals surface area contributed by atoms with Crippen LogP contribution in [0.5, 0.6) is 0 Å². The van der Waals surface area contributed by atoms with Crippen molar-refractivity contribution >= 4 is 29.2 Å². The third kappa shape index (κ3) is 6.42. The van der Waals surface area contributed by atoms with E-state index in [1.165, 1.54) is 5.56 Å².